The molecule has 2 atom stereocenters. The standard InChI is InChI=1S/C27H34N4O8/c32-22(10-14-30-24(34)7-8-25(30)35)28-12-16-38-18-17-37-15-11-23(33)29-20-4-1-19(2-5-20)3-6-26(36)31-13-9-21-27(31)39-21/h1-2,4-5,7-8,21,27H,3,6,9-18H2,(H,28,32)(H,29,33). The van der Waals surface area contributed by atoms with Crippen LogP contribution in [0.25, 0.3) is 0 Å². The zero-order chi connectivity index (χ0) is 27.6. The molecule has 3 aliphatic rings. The average Bonchev–Trinajstić information content (AvgIpc) is 3.46. The van der Waals surface area contributed by atoms with Gasteiger partial charge in [-0.15, -0.1) is 0 Å². The smallest absolute Gasteiger partial charge is 0.253 e. The molecule has 0 aliphatic carbocycles. The SMILES string of the molecule is O=C(CCN1C(=O)C=CC1=O)NCCOCCOCCC(=O)Nc1ccc(CCC(=O)N2CCC3OC32)cc1. The molecule has 4 rings (SSSR count). The Bertz CT molecular complexity index is 1070. The van der Waals surface area contributed by atoms with Crippen molar-refractivity contribution >= 4 is 35.2 Å². The Hall–Kier alpha value is -3.61. The van der Waals surface area contributed by atoms with Crippen molar-refractivity contribution < 1.29 is 38.2 Å². The Balaban J connectivity index is 0.964. The molecule has 3 heterocycles. The van der Waals surface area contributed by atoms with Crippen molar-refractivity contribution in [2.75, 3.05) is 51.4 Å². The first kappa shape index (κ1) is 28.4. The summed E-state index contributed by atoms with van der Waals surface area (Å²) in [6.07, 6.45) is 4.87. The van der Waals surface area contributed by atoms with Crippen LogP contribution < -0.4 is 10.6 Å². The molecule has 12 nitrogen and oxygen atoms in total. The first-order valence-electron chi connectivity index (χ1n) is 13.2. The van der Waals surface area contributed by atoms with E-state index in [4.69, 9.17) is 14.2 Å². The third-order valence-corrected chi connectivity index (χ3v) is 6.58. The quantitative estimate of drug-likeness (QED) is 0.173. The highest BCUT2D eigenvalue weighted by Crippen LogP contribution is 2.36. The minimum atomic E-state index is -0.409. The number of epoxide rings is 1. The Morgan fingerprint density at radius 2 is 1.62 bits per heavy atom. The van der Waals surface area contributed by atoms with E-state index in [1.54, 1.807) is 0 Å². The van der Waals surface area contributed by atoms with Crippen molar-refractivity contribution in [3.63, 3.8) is 0 Å². The number of nitrogens with one attached hydrogen (secondary N) is 2. The number of likely N-dealkylation sites (tertiary alicyclic amines) is 1. The van der Waals surface area contributed by atoms with Gasteiger partial charge < -0.3 is 29.7 Å². The van der Waals surface area contributed by atoms with Gasteiger partial charge in [0.15, 0.2) is 6.23 Å². The van der Waals surface area contributed by atoms with Gasteiger partial charge in [-0.3, -0.25) is 28.9 Å². The summed E-state index contributed by atoms with van der Waals surface area (Å²) in [7, 11) is 0. The number of ether oxygens (including phenoxy) is 3. The summed E-state index contributed by atoms with van der Waals surface area (Å²) >= 11 is 0. The summed E-state index contributed by atoms with van der Waals surface area (Å²) in [4.78, 5) is 61.9. The van der Waals surface area contributed by atoms with Crippen molar-refractivity contribution in [1.82, 2.24) is 15.1 Å². The first-order valence-corrected chi connectivity index (χ1v) is 13.2. The number of nitrogens with zero attached hydrogens (tertiary/aromatic N) is 2. The van der Waals surface area contributed by atoms with E-state index in [1.165, 1.54) is 12.2 Å². The topological polar surface area (TPSA) is 147 Å². The molecule has 5 amide bonds. The lowest BCUT2D eigenvalue weighted by Gasteiger charge is -2.16. The molecule has 0 radical (unpaired) electrons. The molecule has 0 bridgehead atoms. The number of imide groups is 1. The minimum absolute atomic E-state index is 0.00442. The van der Waals surface area contributed by atoms with Crippen molar-refractivity contribution in [3.8, 4) is 0 Å². The molecule has 2 saturated heterocycles. The molecular formula is C27H34N4O8. The van der Waals surface area contributed by atoms with E-state index < -0.39 is 11.8 Å². The number of anilines is 1. The van der Waals surface area contributed by atoms with Crippen LogP contribution in [0.4, 0.5) is 5.69 Å². The normalized spacial score (nSPS) is 19.4. The Morgan fingerprint density at radius 1 is 0.897 bits per heavy atom. The summed E-state index contributed by atoms with van der Waals surface area (Å²) in [5.74, 6) is -1.14. The van der Waals surface area contributed by atoms with Crippen LogP contribution in [-0.2, 0) is 44.6 Å². The number of hydrogen-bond acceptors (Lipinski definition) is 8. The lowest BCUT2D eigenvalue weighted by atomic mass is 10.1. The number of carbonyl (C=O) groups excluding carboxylic acids is 5. The van der Waals surface area contributed by atoms with Gasteiger partial charge in [0.25, 0.3) is 11.8 Å². The van der Waals surface area contributed by atoms with Crippen molar-refractivity contribution in [2.45, 2.75) is 44.4 Å². The number of fused-ring (bicyclic) bond motifs is 1. The fourth-order valence-electron chi connectivity index (χ4n) is 4.35. The third kappa shape index (κ3) is 8.70. The van der Waals surface area contributed by atoms with Gasteiger partial charge in [0.1, 0.15) is 6.10 Å². The lowest BCUT2D eigenvalue weighted by Crippen LogP contribution is -2.35. The highest BCUT2D eigenvalue weighted by molar-refractivity contribution is 6.13. The summed E-state index contributed by atoms with van der Waals surface area (Å²) in [6.45, 7) is 2.28. The fraction of sp³-hybridized carbons (Fsp3) is 0.519. The Morgan fingerprint density at radius 3 is 2.28 bits per heavy atom. The number of rotatable bonds is 16. The van der Waals surface area contributed by atoms with E-state index in [0.29, 0.717) is 38.3 Å². The van der Waals surface area contributed by atoms with Gasteiger partial charge in [-0.05, 0) is 30.5 Å². The zero-order valence-electron chi connectivity index (χ0n) is 21.8. The van der Waals surface area contributed by atoms with Gasteiger partial charge in [-0.1, -0.05) is 12.1 Å². The van der Waals surface area contributed by atoms with Crippen molar-refractivity contribution in [1.29, 1.82) is 0 Å². The van der Waals surface area contributed by atoms with E-state index in [-0.39, 0.29) is 62.7 Å². The molecule has 2 N–H and O–H groups in total. The Labute approximate surface area is 226 Å². The maximum Gasteiger partial charge on any atom is 0.253 e. The molecule has 210 valence electrons. The van der Waals surface area contributed by atoms with E-state index in [2.05, 4.69) is 10.6 Å². The van der Waals surface area contributed by atoms with Crippen LogP contribution in [0.1, 0.15) is 31.2 Å². The summed E-state index contributed by atoms with van der Waals surface area (Å²) in [5, 5.41) is 5.48. The predicted octanol–water partition coefficient (Wildman–Crippen LogP) is 0.370. The molecular weight excluding hydrogens is 508 g/mol. The van der Waals surface area contributed by atoms with E-state index in [1.807, 2.05) is 29.2 Å². The molecule has 2 unspecified atom stereocenters. The summed E-state index contributed by atoms with van der Waals surface area (Å²) in [5.41, 5.74) is 1.72. The third-order valence-electron chi connectivity index (χ3n) is 6.58. The summed E-state index contributed by atoms with van der Waals surface area (Å²) in [6, 6.07) is 7.46. The van der Waals surface area contributed by atoms with E-state index in [0.717, 1.165) is 23.4 Å². The van der Waals surface area contributed by atoms with Crippen LogP contribution in [0.5, 0.6) is 0 Å². The highest BCUT2D eigenvalue weighted by Gasteiger charge is 2.50. The van der Waals surface area contributed by atoms with Gasteiger partial charge in [-0.2, -0.15) is 0 Å². The molecule has 3 aliphatic heterocycles. The van der Waals surface area contributed by atoms with Crippen molar-refractivity contribution in [3.05, 3.63) is 42.0 Å². The molecule has 1 aromatic carbocycles. The predicted molar refractivity (Wildman–Crippen MR) is 138 cm³/mol. The second kappa shape index (κ2) is 14.0. The number of amides is 5. The fourth-order valence-corrected chi connectivity index (χ4v) is 4.35. The van der Waals surface area contributed by atoms with Crippen LogP contribution >= 0.6 is 0 Å². The molecule has 12 heteroatoms. The van der Waals surface area contributed by atoms with Gasteiger partial charge in [0.05, 0.1) is 32.8 Å². The number of hydrogen-bond donors (Lipinski definition) is 2. The minimum Gasteiger partial charge on any atom is -0.379 e. The second-order valence-electron chi connectivity index (χ2n) is 9.42. The average molecular weight is 543 g/mol. The molecule has 0 saturated carbocycles. The van der Waals surface area contributed by atoms with E-state index in [9.17, 15) is 24.0 Å². The maximum absolute atomic E-state index is 12.3. The molecule has 2 fully saturated rings. The summed E-state index contributed by atoms with van der Waals surface area (Å²) < 4.78 is 16.2. The molecule has 0 spiro atoms. The lowest BCUT2D eigenvalue weighted by molar-refractivity contribution is -0.137. The van der Waals surface area contributed by atoms with Crippen LogP contribution in [-0.4, -0.2) is 97.7 Å². The van der Waals surface area contributed by atoms with Gasteiger partial charge in [0.2, 0.25) is 17.7 Å². The largest absolute Gasteiger partial charge is 0.379 e. The van der Waals surface area contributed by atoms with Gasteiger partial charge in [0, 0.05) is 50.3 Å². The monoisotopic (exact) mass is 542 g/mol. The van der Waals surface area contributed by atoms with Gasteiger partial charge in [-0.25, -0.2) is 0 Å². The highest BCUT2D eigenvalue weighted by atomic mass is 16.6. The number of aryl methyl sites for hydroxylation is 1. The van der Waals surface area contributed by atoms with Crippen LogP contribution in [0.15, 0.2) is 36.4 Å². The second-order valence-corrected chi connectivity index (χ2v) is 9.42. The van der Waals surface area contributed by atoms with Crippen molar-refractivity contribution in [2.24, 2.45) is 0 Å². The number of benzene rings is 1. The zero-order valence-corrected chi connectivity index (χ0v) is 21.8. The van der Waals surface area contributed by atoms with Crippen LogP contribution in [0, 0.1) is 0 Å². The maximum atomic E-state index is 12.3. The Kier molecular flexibility index (Phi) is 10.2. The molecule has 1 aromatic rings. The van der Waals surface area contributed by atoms with E-state index >= 15 is 0 Å². The van der Waals surface area contributed by atoms with Gasteiger partial charge >= 0.3 is 0 Å². The van der Waals surface area contributed by atoms with Crippen LogP contribution in [0.3, 0.4) is 0 Å². The number of carbonyl (C=O) groups is 5. The molecule has 39 heavy (non-hydrogen) atoms. The first-order chi connectivity index (χ1) is 18.9. The van der Waals surface area contributed by atoms with Crippen LogP contribution in [0.2, 0.25) is 0 Å². The molecule has 0 aromatic heterocycles.